The maximum absolute atomic E-state index is 12.0. The maximum atomic E-state index is 12.0. The first-order valence-corrected chi connectivity index (χ1v) is 7.26. The first-order valence-electron chi connectivity index (χ1n) is 7.26. The molecule has 2 heterocycles. The van der Waals surface area contributed by atoms with Crippen molar-refractivity contribution in [3.63, 3.8) is 0 Å². The van der Waals surface area contributed by atoms with Gasteiger partial charge in [0.25, 0.3) is 5.91 Å². The van der Waals surface area contributed by atoms with Crippen molar-refractivity contribution in [3.8, 4) is 6.07 Å². The van der Waals surface area contributed by atoms with Crippen LogP contribution in [0.15, 0.2) is 58.8 Å². The molecule has 1 amide bonds. The molecule has 0 atom stereocenters. The van der Waals surface area contributed by atoms with Crippen molar-refractivity contribution in [1.82, 2.24) is 10.3 Å². The minimum Gasteiger partial charge on any atom is -0.465 e. The third-order valence-corrected chi connectivity index (χ3v) is 3.55. The van der Waals surface area contributed by atoms with Crippen molar-refractivity contribution in [2.75, 3.05) is 6.54 Å². The van der Waals surface area contributed by atoms with Crippen LogP contribution in [-0.4, -0.2) is 17.4 Å². The average Bonchev–Trinajstić information content (AvgIpc) is 3.22. The minimum atomic E-state index is -0.399. The summed E-state index contributed by atoms with van der Waals surface area (Å²) in [5.41, 5.74) is 2.23. The summed E-state index contributed by atoms with van der Waals surface area (Å²) in [5, 5.41) is 13.0. The van der Waals surface area contributed by atoms with Crippen LogP contribution in [0.1, 0.15) is 11.3 Å². The number of nitrogens with one attached hydrogen (secondary N) is 2. The molecule has 0 aliphatic carbocycles. The van der Waals surface area contributed by atoms with Crippen LogP contribution >= 0.6 is 0 Å². The summed E-state index contributed by atoms with van der Waals surface area (Å²) < 4.78 is 5.12. The van der Waals surface area contributed by atoms with Gasteiger partial charge in [-0.2, -0.15) is 5.26 Å². The zero-order chi connectivity index (χ0) is 16.1. The summed E-state index contributed by atoms with van der Waals surface area (Å²) in [6.07, 6.45) is 5.56. The molecule has 2 N–H and O–H groups in total. The molecule has 0 bridgehead atoms. The van der Waals surface area contributed by atoms with E-state index >= 15 is 0 Å². The van der Waals surface area contributed by atoms with E-state index in [0.717, 1.165) is 16.5 Å². The highest BCUT2D eigenvalue weighted by atomic mass is 16.3. The number of aromatic amines is 1. The van der Waals surface area contributed by atoms with Crippen molar-refractivity contribution in [1.29, 1.82) is 5.26 Å². The van der Waals surface area contributed by atoms with Crippen molar-refractivity contribution in [2.24, 2.45) is 0 Å². The van der Waals surface area contributed by atoms with Crippen molar-refractivity contribution in [3.05, 3.63) is 65.8 Å². The molecule has 0 unspecified atom stereocenters. The van der Waals surface area contributed by atoms with E-state index in [1.54, 1.807) is 12.1 Å². The van der Waals surface area contributed by atoms with E-state index < -0.39 is 5.91 Å². The topological polar surface area (TPSA) is 81.8 Å². The van der Waals surface area contributed by atoms with Gasteiger partial charge in [-0.1, -0.05) is 18.2 Å². The molecule has 0 spiro atoms. The van der Waals surface area contributed by atoms with E-state index in [1.807, 2.05) is 36.5 Å². The Morgan fingerprint density at radius 1 is 1.30 bits per heavy atom. The number of hydrogen-bond donors (Lipinski definition) is 2. The van der Waals surface area contributed by atoms with E-state index in [1.165, 1.54) is 12.3 Å². The number of rotatable bonds is 5. The van der Waals surface area contributed by atoms with Crippen LogP contribution in [-0.2, 0) is 11.2 Å². The molecule has 5 nitrogen and oxygen atoms in total. The molecule has 3 rings (SSSR count). The van der Waals surface area contributed by atoms with Crippen LogP contribution in [0, 0.1) is 11.3 Å². The normalized spacial score (nSPS) is 11.3. The van der Waals surface area contributed by atoms with Crippen LogP contribution in [0.2, 0.25) is 0 Å². The van der Waals surface area contributed by atoms with Crippen LogP contribution in [0.4, 0.5) is 0 Å². The molecule has 0 saturated carbocycles. The van der Waals surface area contributed by atoms with Crippen LogP contribution < -0.4 is 5.32 Å². The van der Waals surface area contributed by atoms with Crippen molar-refractivity contribution >= 4 is 22.9 Å². The number of nitrogens with zero attached hydrogens (tertiary/aromatic N) is 1. The Morgan fingerprint density at radius 2 is 2.17 bits per heavy atom. The summed E-state index contributed by atoms with van der Waals surface area (Å²) in [5.74, 6) is 0.0806. The smallest absolute Gasteiger partial charge is 0.262 e. The van der Waals surface area contributed by atoms with Crippen LogP contribution in [0.3, 0.4) is 0 Å². The van der Waals surface area contributed by atoms with Crippen molar-refractivity contribution in [2.45, 2.75) is 6.42 Å². The second-order valence-corrected chi connectivity index (χ2v) is 5.05. The van der Waals surface area contributed by atoms with Gasteiger partial charge in [0.05, 0.1) is 6.26 Å². The Kier molecular flexibility index (Phi) is 4.25. The Bertz CT molecular complexity index is 883. The Balaban J connectivity index is 1.62. The molecule has 1 aromatic carbocycles. The lowest BCUT2D eigenvalue weighted by atomic mass is 10.1. The van der Waals surface area contributed by atoms with Gasteiger partial charge in [-0.25, -0.2) is 0 Å². The maximum Gasteiger partial charge on any atom is 0.262 e. The van der Waals surface area contributed by atoms with E-state index in [9.17, 15) is 4.79 Å². The second-order valence-electron chi connectivity index (χ2n) is 5.05. The summed E-state index contributed by atoms with van der Waals surface area (Å²) in [7, 11) is 0. The number of furan rings is 1. The Morgan fingerprint density at radius 3 is 2.96 bits per heavy atom. The van der Waals surface area contributed by atoms with Gasteiger partial charge in [0.1, 0.15) is 17.4 Å². The second kappa shape index (κ2) is 6.67. The van der Waals surface area contributed by atoms with Gasteiger partial charge in [-0.05, 0) is 30.2 Å². The zero-order valence-electron chi connectivity index (χ0n) is 12.4. The number of amides is 1. The Labute approximate surface area is 133 Å². The molecular formula is C18H15N3O2. The number of nitriles is 1. The van der Waals surface area contributed by atoms with Gasteiger partial charge >= 0.3 is 0 Å². The van der Waals surface area contributed by atoms with E-state index in [4.69, 9.17) is 9.68 Å². The third kappa shape index (κ3) is 3.33. The Hall–Kier alpha value is -3.26. The quantitative estimate of drug-likeness (QED) is 0.561. The summed E-state index contributed by atoms with van der Waals surface area (Å²) in [4.78, 5) is 15.2. The highest BCUT2D eigenvalue weighted by Gasteiger charge is 2.10. The summed E-state index contributed by atoms with van der Waals surface area (Å²) >= 11 is 0. The molecule has 0 aliphatic rings. The summed E-state index contributed by atoms with van der Waals surface area (Å²) in [6.45, 7) is 0.456. The van der Waals surface area contributed by atoms with Gasteiger partial charge in [0, 0.05) is 29.7 Å². The van der Waals surface area contributed by atoms with Gasteiger partial charge < -0.3 is 14.7 Å². The van der Waals surface area contributed by atoms with E-state index in [2.05, 4.69) is 10.3 Å². The van der Waals surface area contributed by atoms with Gasteiger partial charge in [0.2, 0.25) is 0 Å². The number of carbonyl (C=O) groups excluding carboxylic acids is 1. The zero-order valence-corrected chi connectivity index (χ0v) is 12.4. The lowest BCUT2D eigenvalue weighted by Gasteiger charge is -2.03. The fraction of sp³-hybridized carbons (Fsp3) is 0.111. The number of fused-ring (bicyclic) bond motifs is 1. The minimum absolute atomic E-state index is 0.0267. The number of aromatic nitrogens is 1. The van der Waals surface area contributed by atoms with Gasteiger partial charge in [-0.3, -0.25) is 4.79 Å². The molecule has 0 fully saturated rings. The number of benzene rings is 1. The van der Waals surface area contributed by atoms with E-state index in [-0.39, 0.29) is 5.57 Å². The fourth-order valence-electron chi connectivity index (χ4n) is 2.41. The molecule has 5 heteroatoms. The monoisotopic (exact) mass is 305 g/mol. The molecule has 3 aromatic rings. The number of para-hydroxylation sites is 1. The molecular weight excluding hydrogens is 290 g/mol. The molecule has 114 valence electrons. The molecule has 2 aromatic heterocycles. The van der Waals surface area contributed by atoms with Crippen molar-refractivity contribution < 1.29 is 9.21 Å². The molecule has 0 radical (unpaired) electrons. The SMILES string of the molecule is N#CC(=Cc1ccco1)C(=O)NCCc1c[nH]c2ccccc12. The first-order chi connectivity index (χ1) is 11.3. The molecule has 0 saturated heterocycles. The largest absolute Gasteiger partial charge is 0.465 e. The third-order valence-electron chi connectivity index (χ3n) is 3.55. The fourth-order valence-corrected chi connectivity index (χ4v) is 2.41. The van der Waals surface area contributed by atoms with Crippen LogP contribution in [0.5, 0.6) is 0 Å². The first kappa shape index (κ1) is 14.7. The molecule has 0 aliphatic heterocycles. The highest BCUT2D eigenvalue weighted by Crippen LogP contribution is 2.17. The lowest BCUT2D eigenvalue weighted by Crippen LogP contribution is -2.26. The van der Waals surface area contributed by atoms with Crippen LogP contribution in [0.25, 0.3) is 17.0 Å². The van der Waals surface area contributed by atoms with Gasteiger partial charge in [-0.15, -0.1) is 0 Å². The number of H-pyrrole nitrogens is 1. The number of carbonyl (C=O) groups is 1. The standard InChI is InChI=1S/C18H15N3O2/c19-11-14(10-15-4-3-9-23-15)18(22)20-8-7-13-12-21-17-6-2-1-5-16(13)17/h1-6,9-10,12,21H,7-8H2,(H,20,22). The molecule has 23 heavy (non-hydrogen) atoms. The predicted molar refractivity (Wildman–Crippen MR) is 87.3 cm³/mol. The predicted octanol–water partition coefficient (Wildman–Crippen LogP) is 3.03. The number of hydrogen-bond acceptors (Lipinski definition) is 3. The summed E-state index contributed by atoms with van der Waals surface area (Å²) in [6, 6.07) is 13.3. The lowest BCUT2D eigenvalue weighted by molar-refractivity contribution is -0.117. The van der Waals surface area contributed by atoms with Gasteiger partial charge in [0.15, 0.2) is 0 Å². The average molecular weight is 305 g/mol. The van der Waals surface area contributed by atoms with E-state index in [0.29, 0.717) is 18.7 Å². The highest BCUT2D eigenvalue weighted by molar-refractivity contribution is 6.01.